The number of benzene rings is 2. The van der Waals surface area contributed by atoms with Crippen LogP contribution >= 0.6 is 0 Å². The number of allylic oxidation sites excluding steroid dienone is 1. The number of rotatable bonds is 1. The summed E-state index contributed by atoms with van der Waals surface area (Å²) in [6, 6.07) is 19.3. The molecule has 2 aromatic rings. The summed E-state index contributed by atoms with van der Waals surface area (Å²) in [4.78, 5) is 0. The van der Waals surface area contributed by atoms with E-state index in [4.69, 9.17) is 0 Å². The van der Waals surface area contributed by atoms with Crippen molar-refractivity contribution in [2.24, 2.45) is 0 Å². The van der Waals surface area contributed by atoms with Crippen LogP contribution in [0.2, 0.25) is 0 Å². The fourth-order valence-corrected chi connectivity index (χ4v) is 2.46. The SMILES string of the molecule is CC1C(c2ccccc2)=Cc2ccccc21.[Gd]. The van der Waals surface area contributed by atoms with E-state index in [1.54, 1.807) is 0 Å². The van der Waals surface area contributed by atoms with Crippen molar-refractivity contribution < 1.29 is 39.9 Å². The van der Waals surface area contributed by atoms with Crippen LogP contribution in [-0.2, 0) is 0 Å². The molecule has 0 aromatic heterocycles. The molecule has 0 spiro atoms. The topological polar surface area (TPSA) is 0 Å². The zero-order valence-corrected chi connectivity index (χ0v) is 12.0. The second-order valence-electron chi connectivity index (χ2n) is 4.32. The molecular formula is C16H14Gd. The molecule has 1 aliphatic carbocycles. The van der Waals surface area contributed by atoms with Crippen LogP contribution in [0.15, 0.2) is 54.6 Å². The summed E-state index contributed by atoms with van der Waals surface area (Å²) in [6.07, 6.45) is 2.31. The molecule has 0 aliphatic heterocycles. The van der Waals surface area contributed by atoms with Crippen LogP contribution in [0.1, 0.15) is 29.5 Å². The van der Waals surface area contributed by atoms with Gasteiger partial charge in [-0.3, -0.25) is 0 Å². The Morgan fingerprint density at radius 2 is 1.47 bits per heavy atom. The van der Waals surface area contributed by atoms with Gasteiger partial charge in [-0.25, -0.2) is 0 Å². The molecule has 1 aliphatic rings. The van der Waals surface area contributed by atoms with Crippen LogP contribution in [0.25, 0.3) is 11.6 Å². The molecule has 0 radical (unpaired) electrons. The Hall–Kier alpha value is -0.495. The van der Waals surface area contributed by atoms with Gasteiger partial charge in [-0.05, 0) is 22.3 Å². The number of fused-ring (bicyclic) bond motifs is 1. The Balaban J connectivity index is 0.00000108. The van der Waals surface area contributed by atoms with Gasteiger partial charge in [-0.1, -0.05) is 67.6 Å². The van der Waals surface area contributed by atoms with E-state index in [9.17, 15) is 0 Å². The molecule has 1 heteroatoms. The minimum Gasteiger partial charge on any atom is -0.0622 e. The Kier molecular flexibility index (Phi) is 4.14. The first kappa shape index (κ1) is 12.9. The normalized spacial score (nSPS) is 17.0. The minimum absolute atomic E-state index is 0. The maximum absolute atomic E-state index is 2.31. The molecule has 17 heavy (non-hydrogen) atoms. The summed E-state index contributed by atoms with van der Waals surface area (Å²) in [6.45, 7) is 2.28. The van der Waals surface area contributed by atoms with Crippen molar-refractivity contribution in [3.8, 4) is 0 Å². The van der Waals surface area contributed by atoms with Crippen molar-refractivity contribution in [1.82, 2.24) is 0 Å². The van der Waals surface area contributed by atoms with E-state index >= 15 is 0 Å². The Morgan fingerprint density at radius 1 is 0.824 bits per heavy atom. The first-order valence-corrected chi connectivity index (χ1v) is 5.72. The van der Waals surface area contributed by atoms with E-state index in [1.165, 1.54) is 22.3 Å². The van der Waals surface area contributed by atoms with E-state index < -0.39 is 0 Å². The summed E-state index contributed by atoms with van der Waals surface area (Å²) in [5.41, 5.74) is 5.59. The monoisotopic (exact) mass is 364 g/mol. The molecule has 86 valence electrons. The predicted octanol–water partition coefficient (Wildman–Crippen LogP) is 4.34. The van der Waals surface area contributed by atoms with Gasteiger partial charge in [0.25, 0.3) is 0 Å². The van der Waals surface area contributed by atoms with Crippen molar-refractivity contribution in [2.45, 2.75) is 12.8 Å². The third-order valence-corrected chi connectivity index (χ3v) is 3.35. The van der Waals surface area contributed by atoms with Crippen molar-refractivity contribution in [1.29, 1.82) is 0 Å². The second-order valence-corrected chi connectivity index (χ2v) is 4.32. The van der Waals surface area contributed by atoms with Gasteiger partial charge < -0.3 is 0 Å². The van der Waals surface area contributed by atoms with Crippen LogP contribution in [0, 0.1) is 39.9 Å². The van der Waals surface area contributed by atoms with Crippen molar-refractivity contribution in [3.63, 3.8) is 0 Å². The first-order chi connectivity index (χ1) is 7.86. The van der Waals surface area contributed by atoms with Crippen LogP contribution in [-0.4, -0.2) is 0 Å². The molecule has 0 nitrogen and oxygen atoms in total. The van der Waals surface area contributed by atoms with Gasteiger partial charge >= 0.3 is 0 Å². The molecule has 0 saturated heterocycles. The standard InChI is InChI=1S/C16H14.Gd/c1-12-15-10-6-5-9-14(15)11-16(12)13-7-3-2-4-8-13;/h2-12H,1H3;. The van der Waals surface area contributed by atoms with Gasteiger partial charge in [0, 0.05) is 45.9 Å². The third-order valence-electron chi connectivity index (χ3n) is 3.35. The molecule has 0 heterocycles. The first-order valence-electron chi connectivity index (χ1n) is 5.72. The van der Waals surface area contributed by atoms with Crippen LogP contribution in [0.5, 0.6) is 0 Å². The van der Waals surface area contributed by atoms with Gasteiger partial charge in [0.05, 0.1) is 0 Å². The van der Waals surface area contributed by atoms with E-state index in [-0.39, 0.29) is 39.9 Å². The predicted molar refractivity (Wildman–Crippen MR) is 69.2 cm³/mol. The summed E-state index contributed by atoms with van der Waals surface area (Å²) < 4.78 is 0. The van der Waals surface area contributed by atoms with E-state index in [0.717, 1.165) is 0 Å². The van der Waals surface area contributed by atoms with Gasteiger partial charge in [0.2, 0.25) is 0 Å². The molecule has 3 rings (SSSR count). The third kappa shape index (κ3) is 2.38. The van der Waals surface area contributed by atoms with E-state index in [0.29, 0.717) is 5.92 Å². The molecule has 0 amide bonds. The van der Waals surface area contributed by atoms with E-state index in [2.05, 4.69) is 67.6 Å². The fraction of sp³-hybridized carbons (Fsp3) is 0.125. The van der Waals surface area contributed by atoms with Gasteiger partial charge in [0.1, 0.15) is 0 Å². The van der Waals surface area contributed by atoms with E-state index in [1.807, 2.05) is 0 Å². The van der Waals surface area contributed by atoms with Crippen LogP contribution in [0.4, 0.5) is 0 Å². The van der Waals surface area contributed by atoms with Crippen LogP contribution < -0.4 is 0 Å². The Morgan fingerprint density at radius 3 is 2.18 bits per heavy atom. The number of hydrogen-bond acceptors (Lipinski definition) is 0. The molecule has 0 bridgehead atoms. The summed E-state index contributed by atoms with van der Waals surface area (Å²) in [7, 11) is 0. The average Bonchev–Trinajstić information content (AvgIpc) is 2.69. The molecule has 0 fully saturated rings. The van der Waals surface area contributed by atoms with Gasteiger partial charge in [-0.2, -0.15) is 0 Å². The number of hydrogen-bond donors (Lipinski definition) is 0. The maximum atomic E-state index is 2.31. The molecule has 1 unspecified atom stereocenters. The molecule has 2 aromatic carbocycles. The summed E-state index contributed by atoms with van der Waals surface area (Å²) >= 11 is 0. The summed E-state index contributed by atoms with van der Waals surface area (Å²) in [5.74, 6) is 0.513. The molecule has 0 N–H and O–H groups in total. The quantitative estimate of drug-likeness (QED) is 0.707. The zero-order valence-electron chi connectivity index (χ0n) is 9.70. The minimum atomic E-state index is 0. The molecule has 0 saturated carbocycles. The van der Waals surface area contributed by atoms with Gasteiger partial charge in [0.15, 0.2) is 0 Å². The van der Waals surface area contributed by atoms with Gasteiger partial charge in [-0.15, -0.1) is 0 Å². The van der Waals surface area contributed by atoms with Crippen molar-refractivity contribution in [2.75, 3.05) is 0 Å². The summed E-state index contributed by atoms with van der Waals surface area (Å²) in [5, 5.41) is 0. The Bertz CT molecular complexity index is 540. The average molecular weight is 364 g/mol. The van der Waals surface area contributed by atoms with Crippen molar-refractivity contribution >= 4 is 11.6 Å². The second kappa shape index (κ2) is 5.43. The molecule has 1 atom stereocenters. The smallest absolute Gasteiger partial charge is 0.00730 e. The molecular weight excluding hydrogens is 349 g/mol. The van der Waals surface area contributed by atoms with Crippen molar-refractivity contribution in [3.05, 3.63) is 71.3 Å². The van der Waals surface area contributed by atoms with Crippen LogP contribution in [0.3, 0.4) is 0 Å². The zero-order chi connectivity index (χ0) is 11.0. The largest absolute Gasteiger partial charge is 0.0622 e. The Labute approximate surface area is 134 Å². The maximum Gasteiger partial charge on any atom is 0.00730 e. The fourth-order valence-electron chi connectivity index (χ4n) is 2.46.